The van der Waals surface area contributed by atoms with Crippen LogP contribution in [0.15, 0.2) is 71.3 Å². The fourth-order valence-electron chi connectivity index (χ4n) is 3.07. The first kappa shape index (κ1) is 22.3. The van der Waals surface area contributed by atoms with Crippen LogP contribution in [0.4, 0.5) is 11.4 Å². The van der Waals surface area contributed by atoms with Gasteiger partial charge in [0.15, 0.2) is 5.76 Å². The van der Waals surface area contributed by atoms with Crippen molar-refractivity contribution in [2.24, 2.45) is 5.92 Å². The minimum atomic E-state index is -2.27. The maximum atomic E-state index is 12.0. The normalized spacial score (nSPS) is 12.7. The first-order chi connectivity index (χ1) is 14.8. The summed E-state index contributed by atoms with van der Waals surface area (Å²) >= 11 is -2.27. The van der Waals surface area contributed by atoms with Crippen molar-refractivity contribution in [2.75, 3.05) is 16.2 Å². The molecule has 1 amide bonds. The number of benzene rings is 2. The molecule has 1 heterocycles. The summed E-state index contributed by atoms with van der Waals surface area (Å²) in [7, 11) is 0. The van der Waals surface area contributed by atoms with Crippen molar-refractivity contribution in [1.82, 2.24) is 0 Å². The fraction of sp³-hybridized carbons (Fsp3) is 0.182. The summed E-state index contributed by atoms with van der Waals surface area (Å²) < 4.78 is 27.7. The van der Waals surface area contributed by atoms with Crippen LogP contribution in [0.3, 0.4) is 0 Å². The topological polar surface area (TPSA) is 120 Å². The molecule has 2 aromatic carbocycles. The van der Waals surface area contributed by atoms with Gasteiger partial charge in [0.25, 0.3) is 17.2 Å². The van der Waals surface area contributed by atoms with Crippen LogP contribution in [0.25, 0.3) is 11.1 Å². The van der Waals surface area contributed by atoms with Gasteiger partial charge in [0, 0.05) is 18.7 Å². The summed E-state index contributed by atoms with van der Waals surface area (Å²) in [5.74, 6) is -1.35. The molecule has 0 fully saturated rings. The molecule has 0 spiro atoms. The number of carbonyl (C=O) groups is 2. The summed E-state index contributed by atoms with van der Waals surface area (Å²) in [5.41, 5.74) is 2.92. The maximum Gasteiger partial charge on any atom is 0.303 e. The van der Waals surface area contributed by atoms with E-state index in [0.717, 1.165) is 11.1 Å². The third-order valence-electron chi connectivity index (χ3n) is 4.57. The number of anilines is 2. The molecule has 3 rings (SSSR count). The molecule has 8 nitrogen and oxygen atoms in total. The lowest BCUT2D eigenvalue weighted by Gasteiger charge is -2.23. The van der Waals surface area contributed by atoms with Gasteiger partial charge in [-0.15, -0.1) is 0 Å². The smallest absolute Gasteiger partial charge is 0.303 e. The SMILES string of the molecule is CC(CC(=O)O)CN(c1ccc(-c2ccc(NC(=O)c3ccco3)cc2)cc1)S(=O)O. The molecule has 2 unspecified atom stereocenters. The van der Waals surface area contributed by atoms with Crippen molar-refractivity contribution < 1.29 is 27.9 Å². The number of aliphatic carboxylic acids is 1. The zero-order chi connectivity index (χ0) is 22.4. The molecule has 0 saturated heterocycles. The molecule has 2 atom stereocenters. The number of furan rings is 1. The van der Waals surface area contributed by atoms with E-state index in [4.69, 9.17) is 9.52 Å². The molecule has 0 aliphatic rings. The summed E-state index contributed by atoms with van der Waals surface area (Å²) in [6.07, 6.45) is 1.34. The second-order valence-corrected chi connectivity index (χ2v) is 7.95. The predicted octanol–water partition coefficient (Wildman–Crippen LogP) is 4.25. The van der Waals surface area contributed by atoms with Gasteiger partial charge in [-0.2, -0.15) is 0 Å². The number of carboxylic acid groups (broad SMARTS) is 1. The molecule has 9 heteroatoms. The van der Waals surface area contributed by atoms with Crippen molar-refractivity contribution >= 4 is 34.5 Å². The predicted molar refractivity (Wildman–Crippen MR) is 118 cm³/mol. The lowest BCUT2D eigenvalue weighted by Crippen LogP contribution is -2.31. The van der Waals surface area contributed by atoms with Crippen LogP contribution in [0.5, 0.6) is 0 Å². The van der Waals surface area contributed by atoms with E-state index in [9.17, 15) is 18.4 Å². The standard InChI is InChI=1S/C22H22N2O6S/c1-15(13-21(25)26)14-24(31(28)29)19-10-6-17(7-11-19)16-4-8-18(9-5-16)23-22(27)20-3-2-12-30-20/h2-12,15H,13-14H2,1H3,(H,23,27)(H,25,26)(H,28,29). The minimum Gasteiger partial charge on any atom is -0.481 e. The number of hydrogen-bond acceptors (Lipinski definition) is 4. The van der Waals surface area contributed by atoms with E-state index < -0.39 is 17.2 Å². The number of hydrogen-bond donors (Lipinski definition) is 3. The first-order valence-corrected chi connectivity index (χ1v) is 10.6. The van der Waals surface area contributed by atoms with Gasteiger partial charge in [0.05, 0.1) is 12.0 Å². The first-order valence-electron chi connectivity index (χ1n) is 9.49. The maximum absolute atomic E-state index is 12.0. The highest BCUT2D eigenvalue weighted by molar-refractivity contribution is 7.80. The average molecular weight is 442 g/mol. The van der Waals surface area contributed by atoms with E-state index in [-0.39, 0.29) is 30.6 Å². The van der Waals surface area contributed by atoms with Gasteiger partial charge in [-0.1, -0.05) is 31.2 Å². The van der Waals surface area contributed by atoms with Crippen LogP contribution in [0.1, 0.15) is 23.9 Å². The number of rotatable bonds is 9. The lowest BCUT2D eigenvalue weighted by molar-refractivity contribution is -0.137. The Morgan fingerprint density at radius 3 is 2.19 bits per heavy atom. The molecule has 0 aliphatic heterocycles. The van der Waals surface area contributed by atoms with Crippen LogP contribution in [-0.2, 0) is 16.1 Å². The zero-order valence-electron chi connectivity index (χ0n) is 16.7. The lowest BCUT2D eigenvalue weighted by atomic mass is 10.0. The summed E-state index contributed by atoms with van der Waals surface area (Å²) in [6, 6.07) is 17.5. The highest BCUT2D eigenvalue weighted by Gasteiger charge is 2.18. The number of amides is 1. The highest BCUT2D eigenvalue weighted by atomic mass is 32.2. The van der Waals surface area contributed by atoms with Gasteiger partial charge in [-0.05, 0) is 53.4 Å². The van der Waals surface area contributed by atoms with E-state index >= 15 is 0 Å². The number of nitrogens with one attached hydrogen (secondary N) is 1. The molecular formula is C22H22N2O6S. The largest absolute Gasteiger partial charge is 0.481 e. The molecule has 31 heavy (non-hydrogen) atoms. The van der Waals surface area contributed by atoms with E-state index in [0.29, 0.717) is 11.4 Å². The Kier molecular flexibility index (Phi) is 7.22. The van der Waals surface area contributed by atoms with Crippen LogP contribution < -0.4 is 9.62 Å². The van der Waals surface area contributed by atoms with Crippen LogP contribution in [0, 0.1) is 5.92 Å². The molecule has 162 valence electrons. The van der Waals surface area contributed by atoms with E-state index in [1.54, 1.807) is 43.3 Å². The second-order valence-electron chi connectivity index (χ2n) is 7.05. The third kappa shape index (κ3) is 6.03. The Hall–Kier alpha value is -3.43. The van der Waals surface area contributed by atoms with E-state index in [2.05, 4.69) is 5.32 Å². The van der Waals surface area contributed by atoms with Gasteiger partial charge in [-0.25, -0.2) is 4.21 Å². The average Bonchev–Trinajstić information content (AvgIpc) is 3.27. The quantitative estimate of drug-likeness (QED) is 0.426. The molecule has 0 aliphatic carbocycles. The van der Waals surface area contributed by atoms with Gasteiger partial charge < -0.3 is 14.8 Å². The Morgan fingerprint density at radius 2 is 1.68 bits per heavy atom. The van der Waals surface area contributed by atoms with Crippen molar-refractivity contribution in [2.45, 2.75) is 13.3 Å². The Morgan fingerprint density at radius 1 is 1.06 bits per heavy atom. The molecular weight excluding hydrogens is 420 g/mol. The van der Waals surface area contributed by atoms with Crippen molar-refractivity contribution in [1.29, 1.82) is 0 Å². The van der Waals surface area contributed by atoms with Gasteiger partial charge in [0.2, 0.25) is 0 Å². The molecule has 1 aromatic heterocycles. The minimum absolute atomic E-state index is 0.0887. The molecule has 0 saturated carbocycles. The Labute approximate surface area is 181 Å². The van der Waals surface area contributed by atoms with Crippen LogP contribution in [-0.4, -0.2) is 32.3 Å². The van der Waals surface area contributed by atoms with Crippen molar-refractivity contribution in [3.05, 3.63) is 72.7 Å². The van der Waals surface area contributed by atoms with E-state index in [1.807, 2.05) is 24.3 Å². The Bertz CT molecular complexity index is 1050. The van der Waals surface area contributed by atoms with Crippen molar-refractivity contribution in [3.63, 3.8) is 0 Å². The van der Waals surface area contributed by atoms with Gasteiger partial charge in [0.1, 0.15) is 0 Å². The number of carbonyl (C=O) groups excluding carboxylic acids is 1. The fourth-order valence-corrected chi connectivity index (χ4v) is 3.76. The van der Waals surface area contributed by atoms with Crippen LogP contribution in [0.2, 0.25) is 0 Å². The number of nitrogens with zero attached hydrogens (tertiary/aromatic N) is 1. The molecule has 3 N–H and O–H groups in total. The van der Waals surface area contributed by atoms with Crippen LogP contribution >= 0.6 is 0 Å². The summed E-state index contributed by atoms with van der Waals surface area (Å²) in [4.78, 5) is 22.9. The van der Waals surface area contributed by atoms with Crippen molar-refractivity contribution in [3.8, 4) is 11.1 Å². The number of carboxylic acids is 1. The van der Waals surface area contributed by atoms with Gasteiger partial charge in [-0.3, -0.25) is 18.4 Å². The highest BCUT2D eigenvalue weighted by Crippen LogP contribution is 2.26. The Balaban J connectivity index is 1.69. The third-order valence-corrected chi connectivity index (χ3v) is 5.30. The summed E-state index contributed by atoms with van der Waals surface area (Å²) in [5, 5.41) is 11.6. The monoisotopic (exact) mass is 442 g/mol. The molecule has 0 radical (unpaired) electrons. The molecule has 0 bridgehead atoms. The van der Waals surface area contributed by atoms with Gasteiger partial charge >= 0.3 is 5.97 Å². The molecule has 3 aromatic rings. The van der Waals surface area contributed by atoms with E-state index in [1.165, 1.54) is 10.6 Å². The summed E-state index contributed by atoms with van der Waals surface area (Å²) in [6.45, 7) is 1.85. The second kappa shape index (κ2) is 10.1. The zero-order valence-corrected chi connectivity index (χ0v) is 17.5.